The molecule has 0 atom stereocenters. The van der Waals surface area contributed by atoms with Crippen molar-refractivity contribution >= 4 is 0 Å². The Morgan fingerprint density at radius 1 is 0.417 bits per heavy atom. The van der Waals surface area contributed by atoms with Crippen LogP contribution in [0.2, 0.25) is 0 Å². The van der Waals surface area contributed by atoms with Crippen LogP contribution in [0, 0.1) is 22.1 Å². The molecular formula is C35H55F. The highest BCUT2D eigenvalue weighted by Crippen LogP contribution is 2.21. The van der Waals surface area contributed by atoms with Crippen molar-refractivity contribution in [3.8, 4) is 0 Å². The molecule has 0 aromatic heterocycles. The zero-order valence-corrected chi connectivity index (χ0v) is 23.1. The van der Waals surface area contributed by atoms with E-state index < -0.39 is 0 Å². The minimum atomic E-state index is -0.160. The molecule has 0 amide bonds. The van der Waals surface area contributed by atoms with Crippen LogP contribution in [0.25, 0.3) is 0 Å². The van der Waals surface area contributed by atoms with Gasteiger partial charge in [0.15, 0.2) is 0 Å². The predicted octanol–water partition coefficient (Wildman–Crippen LogP) is 11.2. The molecule has 202 valence electrons. The van der Waals surface area contributed by atoms with Gasteiger partial charge in [0.2, 0.25) is 0 Å². The lowest BCUT2D eigenvalue weighted by molar-refractivity contribution is 0.410. The summed E-state index contributed by atoms with van der Waals surface area (Å²) in [5.74, 6) is -0.160. The summed E-state index contributed by atoms with van der Waals surface area (Å²) in [4.78, 5) is 0. The van der Waals surface area contributed by atoms with Crippen LogP contribution in [0.4, 0.5) is 4.39 Å². The van der Waals surface area contributed by atoms with Crippen molar-refractivity contribution in [2.45, 2.75) is 96.4 Å². The van der Waals surface area contributed by atoms with Crippen molar-refractivity contribution in [2.75, 3.05) is 0 Å². The summed E-state index contributed by atoms with van der Waals surface area (Å²) in [7, 11) is 0. The summed E-state index contributed by atoms with van der Waals surface area (Å²) < 4.78 is 12.5. The van der Waals surface area contributed by atoms with Crippen molar-refractivity contribution in [2.24, 2.45) is 16.2 Å². The smallest absolute Gasteiger partial charge is 0.123 e. The number of hydrogen-bond donors (Lipinski definition) is 0. The van der Waals surface area contributed by atoms with Gasteiger partial charge in [-0.15, -0.1) is 0 Å². The van der Waals surface area contributed by atoms with E-state index in [4.69, 9.17) is 0 Å². The normalized spacial score (nSPS) is 10.9. The van der Waals surface area contributed by atoms with E-state index in [1.54, 1.807) is 0 Å². The molecule has 0 radical (unpaired) electrons. The number of halogens is 1. The van der Waals surface area contributed by atoms with Gasteiger partial charge in [0.1, 0.15) is 5.82 Å². The van der Waals surface area contributed by atoms with Gasteiger partial charge in [-0.05, 0) is 64.3 Å². The Kier molecular flexibility index (Phi) is 16.2. The molecule has 1 heteroatoms. The lowest BCUT2D eigenvalue weighted by Gasteiger charge is -2.17. The van der Waals surface area contributed by atoms with Gasteiger partial charge < -0.3 is 0 Å². The van der Waals surface area contributed by atoms with Crippen molar-refractivity contribution in [3.05, 3.63) is 107 Å². The van der Waals surface area contributed by atoms with E-state index in [0.29, 0.717) is 10.8 Å². The van der Waals surface area contributed by atoms with E-state index in [0.717, 1.165) is 19.3 Å². The third-order valence-corrected chi connectivity index (χ3v) is 4.80. The van der Waals surface area contributed by atoms with Crippen LogP contribution in [-0.4, -0.2) is 0 Å². The largest absolute Gasteiger partial charge is 0.207 e. The van der Waals surface area contributed by atoms with Crippen LogP contribution in [0.1, 0.15) is 93.9 Å². The summed E-state index contributed by atoms with van der Waals surface area (Å²) in [6.45, 7) is 20.1. The fourth-order valence-corrected chi connectivity index (χ4v) is 3.63. The molecule has 3 aromatic carbocycles. The van der Waals surface area contributed by atoms with Gasteiger partial charge in [0, 0.05) is 0 Å². The van der Waals surface area contributed by atoms with E-state index >= 15 is 0 Å². The second-order valence-electron chi connectivity index (χ2n) is 12.8. The van der Waals surface area contributed by atoms with E-state index in [9.17, 15) is 4.39 Å². The molecule has 0 heterocycles. The van der Waals surface area contributed by atoms with E-state index in [2.05, 4.69) is 123 Å². The van der Waals surface area contributed by atoms with Crippen LogP contribution in [0.15, 0.2) is 84.9 Å². The maximum Gasteiger partial charge on any atom is 0.123 e. The van der Waals surface area contributed by atoms with Crippen LogP contribution in [0.3, 0.4) is 0 Å². The van der Waals surface area contributed by atoms with Crippen molar-refractivity contribution in [3.63, 3.8) is 0 Å². The first kappa shape index (κ1) is 35.8. The van der Waals surface area contributed by atoms with Gasteiger partial charge in [0.05, 0.1) is 0 Å². The lowest BCUT2D eigenvalue weighted by atomic mass is 9.88. The average molecular weight is 495 g/mol. The Hall–Kier alpha value is -2.41. The number of benzene rings is 3. The topological polar surface area (TPSA) is 0 Å². The fourth-order valence-electron chi connectivity index (χ4n) is 3.63. The minimum Gasteiger partial charge on any atom is -0.207 e. The van der Waals surface area contributed by atoms with E-state index in [-0.39, 0.29) is 26.1 Å². The highest BCUT2D eigenvalue weighted by molar-refractivity contribution is 5.18. The summed E-state index contributed by atoms with van der Waals surface area (Å²) in [5.41, 5.74) is 5.14. The second kappa shape index (κ2) is 16.4. The van der Waals surface area contributed by atoms with Crippen LogP contribution in [-0.2, 0) is 19.3 Å². The van der Waals surface area contributed by atoms with Crippen LogP contribution < -0.4 is 0 Å². The summed E-state index contributed by atoms with van der Waals surface area (Å²) in [6, 6.07) is 28.0. The molecule has 3 aromatic rings. The van der Waals surface area contributed by atoms with Crippen molar-refractivity contribution in [1.82, 2.24) is 0 Å². The summed E-state index contributed by atoms with van der Waals surface area (Å²) in [5, 5.41) is 0. The first-order valence-corrected chi connectivity index (χ1v) is 12.5. The third kappa shape index (κ3) is 19.8. The van der Waals surface area contributed by atoms with Gasteiger partial charge in [0.25, 0.3) is 0 Å². The summed E-state index contributed by atoms with van der Waals surface area (Å²) in [6.07, 6.45) is 3.31. The molecule has 0 saturated heterocycles. The highest BCUT2D eigenvalue weighted by atomic mass is 19.1. The monoisotopic (exact) mass is 494 g/mol. The maximum atomic E-state index is 12.5. The van der Waals surface area contributed by atoms with Gasteiger partial charge >= 0.3 is 0 Å². The Morgan fingerprint density at radius 2 is 0.667 bits per heavy atom. The Morgan fingerprint density at radius 3 is 0.917 bits per heavy atom. The molecule has 0 aliphatic carbocycles. The minimum absolute atomic E-state index is 0. The van der Waals surface area contributed by atoms with E-state index in [1.165, 1.54) is 28.8 Å². The highest BCUT2D eigenvalue weighted by Gasteiger charge is 2.11. The molecule has 0 nitrogen and oxygen atoms in total. The number of rotatable bonds is 3. The zero-order chi connectivity index (χ0) is 25.8. The quantitative estimate of drug-likeness (QED) is 0.339. The number of hydrogen-bond acceptors (Lipinski definition) is 0. The Balaban J connectivity index is 0. The van der Waals surface area contributed by atoms with Crippen molar-refractivity contribution < 1.29 is 4.39 Å². The van der Waals surface area contributed by atoms with Crippen molar-refractivity contribution in [1.29, 1.82) is 0 Å². The van der Waals surface area contributed by atoms with Crippen LogP contribution >= 0.6 is 0 Å². The average Bonchev–Trinajstić information content (AvgIpc) is 2.69. The molecule has 0 unspecified atom stereocenters. The van der Waals surface area contributed by atoms with E-state index in [1.807, 2.05) is 12.1 Å². The predicted molar refractivity (Wildman–Crippen MR) is 162 cm³/mol. The first-order valence-electron chi connectivity index (χ1n) is 12.5. The van der Waals surface area contributed by atoms with Crippen LogP contribution in [0.5, 0.6) is 0 Å². The lowest BCUT2D eigenvalue weighted by Crippen LogP contribution is -2.08. The molecule has 0 N–H and O–H groups in total. The second-order valence-corrected chi connectivity index (χ2v) is 12.8. The van der Waals surface area contributed by atoms with Gasteiger partial charge in [-0.2, -0.15) is 0 Å². The third-order valence-electron chi connectivity index (χ3n) is 4.80. The molecule has 0 aliphatic heterocycles. The SMILES string of the molecule is C.C.CC(C)(C)Cc1ccc(F)cc1.CC(C)(C)Cc1ccccc1.CC(C)(C)Cc1ccccc1. The molecular weight excluding hydrogens is 439 g/mol. The Labute approximate surface area is 224 Å². The molecule has 0 bridgehead atoms. The molecule has 0 saturated carbocycles. The fraction of sp³-hybridized carbons (Fsp3) is 0.486. The van der Waals surface area contributed by atoms with Gasteiger partial charge in [-0.25, -0.2) is 4.39 Å². The van der Waals surface area contributed by atoms with Gasteiger partial charge in [-0.3, -0.25) is 0 Å². The standard InChI is InChI=1S/C11H15F.2C11H16.2CH4/c1-11(2,3)8-9-4-6-10(12)7-5-9;2*1-11(2,3)9-10-7-5-4-6-8-10;;/h4-7H,8H2,1-3H3;2*4-8H,9H2,1-3H3;2*1H4. The summed E-state index contributed by atoms with van der Waals surface area (Å²) >= 11 is 0. The molecule has 0 fully saturated rings. The zero-order valence-electron chi connectivity index (χ0n) is 23.1. The molecule has 0 spiro atoms. The van der Waals surface area contributed by atoms with Gasteiger partial charge in [-0.1, -0.05) is 150 Å². The first-order chi connectivity index (χ1) is 15.6. The molecule has 0 aliphatic rings. The molecule has 3 rings (SSSR count). The Bertz CT molecular complexity index is 851. The maximum absolute atomic E-state index is 12.5. The molecule has 36 heavy (non-hydrogen) atoms.